The minimum absolute atomic E-state index is 0. The van der Waals surface area contributed by atoms with Crippen molar-refractivity contribution in [1.29, 1.82) is 0 Å². The lowest BCUT2D eigenvalue weighted by molar-refractivity contribution is 1.44. The monoisotopic (exact) mass is 420 g/mol. The van der Waals surface area contributed by atoms with E-state index in [9.17, 15) is 0 Å². The second-order valence-electron chi connectivity index (χ2n) is 5.60. The van der Waals surface area contributed by atoms with Gasteiger partial charge in [-0.25, -0.2) is 0 Å². The Morgan fingerprint density at radius 3 is 1.16 bits per heavy atom. The Bertz CT molecular complexity index is 763. The molecule has 0 aliphatic rings. The van der Waals surface area contributed by atoms with Crippen LogP contribution >= 0.6 is 0 Å². The highest BCUT2D eigenvalue weighted by molar-refractivity contribution is 5.97. The molecule has 0 atom stereocenters. The number of aryl methyl sites for hydroxylation is 1. The largest absolute Gasteiger partial charge is 0.0776 e. The van der Waals surface area contributed by atoms with Crippen LogP contribution in [-0.2, 0) is 0 Å². The molecule has 0 aliphatic carbocycles. The van der Waals surface area contributed by atoms with Crippen molar-refractivity contribution < 1.29 is 0 Å². The Labute approximate surface area is 195 Å². The Morgan fingerprint density at radius 1 is 0.452 bits per heavy atom. The molecule has 0 nitrogen and oxygen atoms in total. The summed E-state index contributed by atoms with van der Waals surface area (Å²) in [5.74, 6) is 0. The first kappa shape index (κ1) is 33.0. The van der Waals surface area contributed by atoms with Crippen LogP contribution in [0.3, 0.4) is 0 Å². The van der Waals surface area contributed by atoms with Gasteiger partial charge >= 0.3 is 0 Å². The van der Waals surface area contributed by atoms with Crippen LogP contribution in [0.1, 0.15) is 92.0 Å². The number of hydrogen-bond donors (Lipinski definition) is 0. The highest BCUT2D eigenvalue weighted by Gasteiger charge is 2.10. The van der Waals surface area contributed by atoms with E-state index in [1.807, 2.05) is 55.4 Å². The summed E-state index contributed by atoms with van der Waals surface area (Å²) in [5.41, 5.74) is 7.67. The van der Waals surface area contributed by atoms with Gasteiger partial charge in [0.15, 0.2) is 0 Å². The van der Waals surface area contributed by atoms with Crippen LogP contribution in [0.2, 0.25) is 0 Å². The van der Waals surface area contributed by atoms with E-state index in [0.717, 1.165) is 0 Å². The molecular weight excluding hydrogens is 372 g/mol. The Kier molecular flexibility index (Phi) is 23.6. The number of rotatable bonds is 3. The number of hydrogen-bond acceptors (Lipinski definition) is 0. The first-order valence-electron chi connectivity index (χ1n) is 11.6. The minimum atomic E-state index is 0. The van der Waals surface area contributed by atoms with Gasteiger partial charge in [0.1, 0.15) is 0 Å². The summed E-state index contributed by atoms with van der Waals surface area (Å²) in [5, 5.41) is 0. The summed E-state index contributed by atoms with van der Waals surface area (Å²) in [6.45, 7) is 20.3. The summed E-state index contributed by atoms with van der Waals surface area (Å²) in [6, 6.07) is 30.0. The quantitative estimate of drug-likeness (QED) is 0.369. The molecule has 3 aromatic rings. The van der Waals surface area contributed by atoms with Gasteiger partial charge < -0.3 is 0 Å². The molecule has 0 heteroatoms. The van der Waals surface area contributed by atoms with Crippen LogP contribution < -0.4 is 0 Å². The normalized spacial score (nSPS) is 9.23. The first-order valence-corrected chi connectivity index (χ1v) is 11.6. The van der Waals surface area contributed by atoms with Crippen LogP contribution in [0, 0.1) is 6.92 Å². The fourth-order valence-corrected chi connectivity index (χ4v) is 2.76. The molecule has 0 fully saturated rings. The molecule has 0 bridgehead atoms. The zero-order chi connectivity index (χ0) is 23.4. The molecule has 0 unspecified atom stereocenters. The summed E-state index contributed by atoms with van der Waals surface area (Å²) in [7, 11) is 0. The molecule has 3 rings (SSSR count). The highest BCUT2D eigenvalue weighted by atomic mass is 14.1. The van der Waals surface area contributed by atoms with Crippen LogP contribution in [-0.4, -0.2) is 0 Å². The minimum Gasteiger partial charge on any atom is -0.0776 e. The molecule has 31 heavy (non-hydrogen) atoms. The molecule has 0 saturated heterocycles. The zero-order valence-corrected chi connectivity index (χ0v) is 21.1. The Morgan fingerprint density at radius 2 is 0.774 bits per heavy atom. The van der Waals surface area contributed by atoms with Crippen molar-refractivity contribution in [3.63, 3.8) is 0 Å². The van der Waals surface area contributed by atoms with Gasteiger partial charge in [-0.05, 0) is 41.7 Å². The number of allylic oxidation sites excluding steroid dienone is 1. The third-order valence-corrected chi connectivity index (χ3v) is 3.98. The summed E-state index contributed by atoms with van der Waals surface area (Å²) in [4.78, 5) is 0. The molecule has 0 radical (unpaired) electrons. The SMILES string of the molecule is C.C/C(=C(\c1ccccc1)c1ccc(C)cc1)c1ccccc1.CC.CC.CC.CC. The second-order valence-corrected chi connectivity index (χ2v) is 5.60. The van der Waals surface area contributed by atoms with Gasteiger partial charge in [0.25, 0.3) is 0 Å². The summed E-state index contributed by atoms with van der Waals surface area (Å²) < 4.78 is 0. The molecule has 0 saturated carbocycles. The third kappa shape index (κ3) is 11.4. The fraction of sp³-hybridized carbons (Fsp3) is 0.355. The maximum absolute atomic E-state index is 2.21. The number of benzene rings is 3. The fourth-order valence-electron chi connectivity index (χ4n) is 2.76. The lowest BCUT2D eigenvalue weighted by Gasteiger charge is -2.14. The van der Waals surface area contributed by atoms with Gasteiger partial charge in [0, 0.05) is 0 Å². The van der Waals surface area contributed by atoms with Crippen LogP contribution in [0.5, 0.6) is 0 Å². The predicted octanol–water partition coefficient (Wildman–Crippen LogP) is 10.7. The van der Waals surface area contributed by atoms with Gasteiger partial charge in [-0.2, -0.15) is 0 Å². The van der Waals surface area contributed by atoms with Crippen molar-refractivity contribution in [3.05, 3.63) is 107 Å². The summed E-state index contributed by atoms with van der Waals surface area (Å²) >= 11 is 0. The zero-order valence-electron chi connectivity index (χ0n) is 21.1. The van der Waals surface area contributed by atoms with Crippen molar-refractivity contribution in [3.8, 4) is 0 Å². The lowest BCUT2D eigenvalue weighted by atomic mass is 9.90. The third-order valence-electron chi connectivity index (χ3n) is 3.98. The van der Waals surface area contributed by atoms with Crippen LogP contribution in [0.4, 0.5) is 0 Å². The van der Waals surface area contributed by atoms with Crippen molar-refractivity contribution in [2.75, 3.05) is 0 Å². The van der Waals surface area contributed by atoms with Crippen molar-refractivity contribution in [2.45, 2.75) is 76.7 Å². The molecule has 0 heterocycles. The van der Waals surface area contributed by atoms with Gasteiger partial charge in [-0.1, -0.05) is 153 Å². The highest BCUT2D eigenvalue weighted by Crippen LogP contribution is 2.32. The van der Waals surface area contributed by atoms with Gasteiger partial charge in [-0.15, -0.1) is 0 Å². The van der Waals surface area contributed by atoms with E-state index in [1.54, 1.807) is 0 Å². The Hall–Kier alpha value is -2.60. The molecule has 0 aromatic heterocycles. The van der Waals surface area contributed by atoms with Crippen LogP contribution in [0.15, 0.2) is 84.9 Å². The smallest absolute Gasteiger partial charge is 0.00762 e. The van der Waals surface area contributed by atoms with E-state index in [2.05, 4.69) is 98.8 Å². The predicted molar refractivity (Wildman–Crippen MR) is 148 cm³/mol. The summed E-state index contributed by atoms with van der Waals surface area (Å²) in [6.07, 6.45) is 0. The maximum Gasteiger partial charge on any atom is -0.00762 e. The lowest BCUT2D eigenvalue weighted by Crippen LogP contribution is -1.93. The van der Waals surface area contributed by atoms with E-state index in [4.69, 9.17) is 0 Å². The average Bonchev–Trinajstić information content (AvgIpc) is 2.87. The van der Waals surface area contributed by atoms with Crippen molar-refractivity contribution in [2.24, 2.45) is 0 Å². The van der Waals surface area contributed by atoms with E-state index in [0.29, 0.717) is 0 Å². The van der Waals surface area contributed by atoms with Crippen molar-refractivity contribution in [1.82, 2.24) is 0 Å². The topological polar surface area (TPSA) is 0 Å². The van der Waals surface area contributed by atoms with Crippen molar-refractivity contribution >= 4 is 11.1 Å². The molecule has 0 spiro atoms. The molecule has 0 N–H and O–H groups in total. The Balaban J connectivity index is -0.000000785. The molecule has 0 aliphatic heterocycles. The van der Waals surface area contributed by atoms with E-state index < -0.39 is 0 Å². The molecule has 0 amide bonds. The van der Waals surface area contributed by atoms with Crippen LogP contribution in [0.25, 0.3) is 11.1 Å². The average molecular weight is 421 g/mol. The first-order chi connectivity index (χ1) is 14.8. The van der Waals surface area contributed by atoms with E-state index >= 15 is 0 Å². The second kappa shape index (κ2) is 22.1. The van der Waals surface area contributed by atoms with E-state index in [-0.39, 0.29) is 7.43 Å². The maximum atomic E-state index is 2.21. The van der Waals surface area contributed by atoms with Gasteiger partial charge in [-0.3, -0.25) is 0 Å². The molecule has 172 valence electrons. The molecular formula is C31H48. The van der Waals surface area contributed by atoms with Gasteiger partial charge in [0.2, 0.25) is 0 Å². The van der Waals surface area contributed by atoms with Gasteiger partial charge in [0.05, 0.1) is 0 Å². The standard InChI is InChI=1S/C22H20.4C2H6.CH4/c1-17-13-15-21(16-14-17)22(20-11-7-4-8-12-20)18(2)19-9-5-3-6-10-19;4*1-2;/h3-16H,1-2H3;4*1-2H3;1H4/b22-18-;;;;;. The molecule has 3 aromatic carbocycles. The van der Waals surface area contributed by atoms with E-state index in [1.165, 1.54) is 33.4 Å².